The van der Waals surface area contributed by atoms with Crippen LogP contribution in [0.1, 0.15) is 19.3 Å². The molecule has 1 fully saturated rings. The van der Waals surface area contributed by atoms with Gasteiger partial charge in [0, 0.05) is 23.4 Å². The second kappa shape index (κ2) is 7.47. The van der Waals surface area contributed by atoms with Gasteiger partial charge in [0.15, 0.2) is 11.2 Å². The second-order valence-corrected chi connectivity index (χ2v) is 7.56. The van der Waals surface area contributed by atoms with Crippen molar-refractivity contribution in [2.24, 2.45) is 11.7 Å². The molecule has 0 radical (unpaired) electrons. The van der Waals surface area contributed by atoms with Gasteiger partial charge in [-0.2, -0.15) is 9.67 Å². The first kappa shape index (κ1) is 18.6. The summed E-state index contributed by atoms with van der Waals surface area (Å²) in [6.07, 6.45) is 5.17. The Balaban J connectivity index is 1.45. The number of methoxy groups -OCH3 is 1. The van der Waals surface area contributed by atoms with Crippen molar-refractivity contribution in [2.45, 2.75) is 31.5 Å². The lowest BCUT2D eigenvalue weighted by Gasteiger charge is -2.15. The lowest BCUT2D eigenvalue weighted by molar-refractivity contribution is 0.117. The van der Waals surface area contributed by atoms with E-state index in [0.29, 0.717) is 17.1 Å². The molecule has 0 amide bonds. The molecule has 0 bridgehead atoms. The number of anilines is 1. The third kappa shape index (κ3) is 3.40. The molecule has 10 nitrogen and oxygen atoms in total. The Morgan fingerprint density at radius 3 is 2.90 bits per heavy atom. The fourth-order valence-electron chi connectivity index (χ4n) is 3.94. The monoisotopic (exact) mass is 406 g/mol. The predicted molar refractivity (Wildman–Crippen MR) is 111 cm³/mol. The number of nitrogens with two attached hydrogens (primary N) is 1. The largest absolute Gasteiger partial charge is 0.497 e. The average Bonchev–Trinajstić information content (AvgIpc) is 3.40. The summed E-state index contributed by atoms with van der Waals surface area (Å²) in [5.74, 6) is 1.36. The minimum absolute atomic E-state index is 0.0979. The minimum Gasteiger partial charge on any atom is -0.497 e. The van der Waals surface area contributed by atoms with Gasteiger partial charge in [-0.15, -0.1) is 5.10 Å². The van der Waals surface area contributed by atoms with Gasteiger partial charge in [0.05, 0.1) is 30.7 Å². The molecule has 3 atom stereocenters. The van der Waals surface area contributed by atoms with E-state index in [1.165, 1.54) is 0 Å². The zero-order chi connectivity index (χ0) is 20.7. The molecule has 0 aliphatic heterocycles. The maximum absolute atomic E-state index is 9.60. The molecule has 5 rings (SSSR count). The number of rotatable bonds is 5. The van der Waals surface area contributed by atoms with Crippen LogP contribution in [0.15, 0.2) is 36.7 Å². The van der Waals surface area contributed by atoms with E-state index in [2.05, 4.69) is 30.6 Å². The summed E-state index contributed by atoms with van der Waals surface area (Å²) in [6.45, 7) is 0. The Bertz CT molecular complexity index is 1210. The molecule has 3 heterocycles. The molecule has 4 N–H and O–H groups in total. The number of benzene rings is 1. The van der Waals surface area contributed by atoms with Gasteiger partial charge in [0.25, 0.3) is 0 Å². The van der Waals surface area contributed by atoms with Crippen molar-refractivity contribution in [3.05, 3.63) is 36.7 Å². The van der Waals surface area contributed by atoms with E-state index in [1.807, 2.05) is 24.3 Å². The molecule has 1 aliphatic rings. The fraction of sp³-hybridized carbons (Fsp3) is 0.350. The van der Waals surface area contributed by atoms with Crippen LogP contribution >= 0.6 is 0 Å². The molecule has 4 aromatic rings. The number of nitrogens with one attached hydrogen (secondary N) is 1. The molecule has 30 heavy (non-hydrogen) atoms. The van der Waals surface area contributed by atoms with E-state index < -0.39 is 6.23 Å². The molecule has 0 spiro atoms. The van der Waals surface area contributed by atoms with Crippen LogP contribution in [-0.4, -0.2) is 54.4 Å². The van der Waals surface area contributed by atoms with Crippen molar-refractivity contribution in [2.75, 3.05) is 12.4 Å². The molecule has 1 aliphatic carbocycles. The lowest BCUT2D eigenvalue weighted by atomic mass is 10.1. The highest BCUT2D eigenvalue weighted by molar-refractivity contribution is 5.82. The normalized spacial score (nSPS) is 20.0. The van der Waals surface area contributed by atoms with E-state index in [-0.39, 0.29) is 12.0 Å². The number of fused-ring (bicyclic) bond motifs is 2. The van der Waals surface area contributed by atoms with E-state index in [4.69, 9.17) is 10.5 Å². The van der Waals surface area contributed by atoms with Gasteiger partial charge >= 0.3 is 0 Å². The molecule has 1 saturated carbocycles. The zero-order valence-electron chi connectivity index (χ0n) is 16.4. The Hall–Kier alpha value is -3.37. The number of ether oxygens (including phenoxy) is 1. The van der Waals surface area contributed by atoms with Crippen molar-refractivity contribution < 1.29 is 9.84 Å². The van der Waals surface area contributed by atoms with Crippen LogP contribution in [-0.2, 0) is 0 Å². The van der Waals surface area contributed by atoms with Gasteiger partial charge in [-0.1, -0.05) is 5.21 Å². The third-order valence-electron chi connectivity index (χ3n) is 5.60. The number of hydrogen-bond acceptors (Lipinski definition) is 9. The molecule has 154 valence electrons. The highest BCUT2D eigenvalue weighted by atomic mass is 16.5. The van der Waals surface area contributed by atoms with E-state index in [9.17, 15) is 5.11 Å². The van der Waals surface area contributed by atoms with Crippen LogP contribution in [0.2, 0.25) is 0 Å². The quantitative estimate of drug-likeness (QED) is 0.422. The van der Waals surface area contributed by atoms with Crippen LogP contribution in [0.5, 0.6) is 5.75 Å². The Morgan fingerprint density at radius 2 is 2.10 bits per heavy atom. The number of hydrogen-bond donors (Lipinski definition) is 3. The Kier molecular flexibility index (Phi) is 4.64. The van der Waals surface area contributed by atoms with Crippen molar-refractivity contribution >= 4 is 28.0 Å². The summed E-state index contributed by atoms with van der Waals surface area (Å²) in [5.41, 5.74) is 8.39. The summed E-state index contributed by atoms with van der Waals surface area (Å²) in [7, 11) is 1.63. The Morgan fingerprint density at radius 1 is 1.20 bits per heavy atom. The average molecular weight is 406 g/mol. The summed E-state index contributed by atoms with van der Waals surface area (Å²) in [4.78, 5) is 13.5. The van der Waals surface area contributed by atoms with Crippen molar-refractivity contribution in [1.82, 2.24) is 29.9 Å². The number of aromatic nitrogens is 6. The van der Waals surface area contributed by atoms with Gasteiger partial charge in [-0.25, -0.2) is 4.98 Å². The first-order valence-corrected chi connectivity index (χ1v) is 9.83. The maximum atomic E-state index is 9.60. The fourth-order valence-corrected chi connectivity index (χ4v) is 3.94. The number of nitrogens with zero attached hydrogens (tertiary/aromatic N) is 6. The standard InChI is InChI=1S/C20H22N8O2/c1-30-15-5-3-11-7-14(9-22-16(11)8-15)28-19-17(26-27-28)10-23-20(25-19)24-13-4-2-12(6-13)18(21)29/h3,5,7-10,12-13,18,29H,2,4,6,21H2,1H3,(H,23,24,25)/t12-,13?,18?/m1/s1. The molecular weight excluding hydrogens is 384 g/mol. The van der Waals surface area contributed by atoms with Crippen LogP contribution in [0, 0.1) is 5.92 Å². The molecule has 3 aromatic heterocycles. The lowest BCUT2D eigenvalue weighted by Crippen LogP contribution is -2.29. The van der Waals surface area contributed by atoms with E-state index >= 15 is 0 Å². The van der Waals surface area contributed by atoms with Gasteiger partial charge < -0.3 is 20.9 Å². The zero-order valence-corrected chi connectivity index (χ0v) is 16.4. The van der Waals surface area contributed by atoms with Crippen LogP contribution in [0.3, 0.4) is 0 Å². The third-order valence-corrected chi connectivity index (χ3v) is 5.60. The summed E-state index contributed by atoms with van der Waals surface area (Å²) < 4.78 is 6.91. The number of aliphatic hydroxyl groups is 1. The van der Waals surface area contributed by atoms with E-state index in [0.717, 1.165) is 41.6 Å². The van der Waals surface area contributed by atoms with Gasteiger partial charge in [-0.3, -0.25) is 4.98 Å². The first-order valence-electron chi connectivity index (χ1n) is 9.83. The maximum Gasteiger partial charge on any atom is 0.225 e. The number of aliphatic hydroxyl groups excluding tert-OH is 1. The van der Waals surface area contributed by atoms with Gasteiger partial charge in [0.1, 0.15) is 12.0 Å². The van der Waals surface area contributed by atoms with Crippen LogP contribution in [0.25, 0.3) is 27.8 Å². The summed E-state index contributed by atoms with van der Waals surface area (Å²) in [5, 5.41) is 22.3. The molecular formula is C20H22N8O2. The first-order chi connectivity index (χ1) is 14.6. The molecule has 10 heteroatoms. The summed E-state index contributed by atoms with van der Waals surface area (Å²) in [6, 6.07) is 7.89. The van der Waals surface area contributed by atoms with Crippen molar-refractivity contribution in [1.29, 1.82) is 0 Å². The van der Waals surface area contributed by atoms with E-state index in [1.54, 1.807) is 24.2 Å². The minimum atomic E-state index is -0.786. The highest BCUT2D eigenvalue weighted by Crippen LogP contribution is 2.29. The second-order valence-electron chi connectivity index (χ2n) is 7.56. The molecule has 2 unspecified atom stereocenters. The summed E-state index contributed by atoms with van der Waals surface area (Å²) >= 11 is 0. The number of pyridine rings is 1. The van der Waals surface area contributed by atoms with Crippen LogP contribution in [0.4, 0.5) is 5.95 Å². The molecule has 1 aromatic carbocycles. The van der Waals surface area contributed by atoms with Gasteiger partial charge in [-0.05, 0) is 37.5 Å². The van der Waals surface area contributed by atoms with Crippen LogP contribution < -0.4 is 15.8 Å². The molecule has 0 saturated heterocycles. The smallest absolute Gasteiger partial charge is 0.225 e. The Labute approximate surface area is 172 Å². The van der Waals surface area contributed by atoms with Gasteiger partial charge in [0.2, 0.25) is 5.95 Å². The topological polar surface area (TPSA) is 137 Å². The predicted octanol–water partition coefficient (Wildman–Crippen LogP) is 1.62. The van der Waals surface area contributed by atoms with Crippen molar-refractivity contribution in [3.63, 3.8) is 0 Å². The van der Waals surface area contributed by atoms with Crippen molar-refractivity contribution in [3.8, 4) is 11.4 Å². The SMILES string of the molecule is COc1ccc2cc(-n3nnc4cnc(NC5CC[C@@H](C(N)O)C5)nc43)cnc2c1. The highest BCUT2D eigenvalue weighted by Gasteiger charge is 2.28.